The summed E-state index contributed by atoms with van der Waals surface area (Å²) in [6, 6.07) is 23.7. The molecular weight excluding hydrogens is 422 g/mol. The molecule has 1 unspecified atom stereocenters. The van der Waals surface area contributed by atoms with E-state index in [1.807, 2.05) is 60.7 Å². The molecule has 1 aliphatic rings. The van der Waals surface area contributed by atoms with E-state index in [1.54, 1.807) is 12.1 Å². The molecule has 164 valence electrons. The first-order chi connectivity index (χ1) is 16.1. The van der Waals surface area contributed by atoms with Crippen molar-refractivity contribution in [3.05, 3.63) is 102 Å². The second kappa shape index (κ2) is 8.55. The first kappa shape index (κ1) is 20.4. The second-order valence-corrected chi connectivity index (χ2v) is 7.52. The normalized spacial score (nSPS) is 14.9. The number of carboxylic acids is 1. The maximum atomic E-state index is 12.8. The predicted octanol–water partition coefficient (Wildman–Crippen LogP) is 5.19. The van der Waals surface area contributed by atoms with Gasteiger partial charge in [-0.25, -0.2) is 4.79 Å². The van der Waals surface area contributed by atoms with Gasteiger partial charge in [0, 0.05) is 17.4 Å². The number of furan rings is 1. The van der Waals surface area contributed by atoms with Crippen molar-refractivity contribution in [2.45, 2.75) is 12.7 Å². The fraction of sp³-hybridized carbons (Fsp3) is 0.0769. The van der Waals surface area contributed by atoms with Crippen LogP contribution < -0.4 is 5.32 Å². The Bertz CT molecular complexity index is 1340. The average Bonchev–Trinajstić information content (AvgIpc) is 3.47. The number of nitrogens with one attached hydrogen (secondary N) is 1. The van der Waals surface area contributed by atoms with Gasteiger partial charge in [-0.2, -0.15) is 0 Å². The number of amides is 1. The molecule has 2 heterocycles. The number of hydrogen-bond acceptors (Lipinski definition) is 5. The molecule has 0 radical (unpaired) electrons. The number of fused-ring (bicyclic) bond motifs is 1. The standard InChI is InChI=1S/C26H19NO6/c28-25(23-15-31-24(33-23)12-16-6-2-1-3-7-16)27-20-13-18(10-11-19(20)26(29)30)22-14-17-8-4-5-9-21(17)32-22/h1-11,13-15,24H,12H2,(H,27,28)(H,29,30). The van der Waals surface area contributed by atoms with Crippen LogP contribution in [0, 0.1) is 0 Å². The Morgan fingerprint density at radius 3 is 2.52 bits per heavy atom. The Morgan fingerprint density at radius 2 is 1.73 bits per heavy atom. The van der Waals surface area contributed by atoms with E-state index < -0.39 is 18.2 Å². The molecule has 7 heteroatoms. The van der Waals surface area contributed by atoms with E-state index in [4.69, 9.17) is 13.9 Å². The van der Waals surface area contributed by atoms with Crippen molar-refractivity contribution in [3.63, 3.8) is 0 Å². The van der Waals surface area contributed by atoms with E-state index in [1.165, 1.54) is 12.3 Å². The van der Waals surface area contributed by atoms with Crippen LogP contribution in [0.5, 0.6) is 0 Å². The first-order valence-electron chi connectivity index (χ1n) is 10.3. The lowest BCUT2D eigenvalue weighted by Gasteiger charge is -2.13. The van der Waals surface area contributed by atoms with Gasteiger partial charge in [0.15, 0.2) is 0 Å². The van der Waals surface area contributed by atoms with Crippen LogP contribution in [0.1, 0.15) is 15.9 Å². The van der Waals surface area contributed by atoms with Crippen LogP contribution in [0.4, 0.5) is 5.69 Å². The summed E-state index contributed by atoms with van der Waals surface area (Å²) in [5.41, 5.74) is 2.42. The van der Waals surface area contributed by atoms with Crippen molar-refractivity contribution in [2.24, 2.45) is 0 Å². The Hall–Kier alpha value is -4.52. The zero-order valence-electron chi connectivity index (χ0n) is 17.4. The van der Waals surface area contributed by atoms with Crippen molar-refractivity contribution in [1.82, 2.24) is 0 Å². The zero-order valence-corrected chi connectivity index (χ0v) is 17.4. The number of ether oxygens (including phenoxy) is 2. The van der Waals surface area contributed by atoms with Crippen LogP contribution >= 0.6 is 0 Å². The molecule has 33 heavy (non-hydrogen) atoms. The van der Waals surface area contributed by atoms with Gasteiger partial charge in [0.25, 0.3) is 5.91 Å². The first-order valence-corrected chi connectivity index (χ1v) is 10.3. The number of anilines is 1. The number of carboxylic acid groups (broad SMARTS) is 1. The largest absolute Gasteiger partial charge is 0.478 e. The van der Waals surface area contributed by atoms with Gasteiger partial charge in [0.05, 0.1) is 11.3 Å². The summed E-state index contributed by atoms with van der Waals surface area (Å²) in [6.45, 7) is 0. The van der Waals surface area contributed by atoms with Crippen molar-refractivity contribution >= 4 is 28.5 Å². The van der Waals surface area contributed by atoms with E-state index in [0.29, 0.717) is 23.3 Å². The van der Waals surface area contributed by atoms with Crippen molar-refractivity contribution in [2.75, 3.05) is 5.32 Å². The van der Waals surface area contributed by atoms with Gasteiger partial charge >= 0.3 is 5.97 Å². The van der Waals surface area contributed by atoms with Gasteiger partial charge in [-0.3, -0.25) is 4.79 Å². The smallest absolute Gasteiger partial charge is 0.337 e. The Labute approximate surface area is 188 Å². The van der Waals surface area contributed by atoms with Crippen LogP contribution in [-0.4, -0.2) is 23.3 Å². The van der Waals surface area contributed by atoms with E-state index in [2.05, 4.69) is 5.32 Å². The lowest BCUT2D eigenvalue weighted by molar-refractivity contribution is -0.118. The summed E-state index contributed by atoms with van der Waals surface area (Å²) in [7, 11) is 0. The minimum absolute atomic E-state index is 0.0265. The summed E-state index contributed by atoms with van der Waals surface area (Å²) in [6.07, 6.45) is 1.08. The van der Waals surface area contributed by atoms with Crippen LogP contribution in [-0.2, 0) is 20.7 Å². The molecule has 0 spiro atoms. The predicted molar refractivity (Wildman–Crippen MR) is 121 cm³/mol. The number of para-hydroxylation sites is 1. The minimum atomic E-state index is -1.17. The fourth-order valence-corrected chi connectivity index (χ4v) is 3.63. The Morgan fingerprint density at radius 1 is 0.939 bits per heavy atom. The number of aromatic carboxylic acids is 1. The summed E-state index contributed by atoms with van der Waals surface area (Å²) in [5, 5.41) is 13.1. The molecule has 0 bridgehead atoms. The third-order valence-corrected chi connectivity index (χ3v) is 5.26. The molecule has 0 saturated carbocycles. The Kier molecular flexibility index (Phi) is 5.28. The van der Waals surface area contributed by atoms with E-state index in [0.717, 1.165) is 10.9 Å². The average molecular weight is 441 g/mol. The van der Waals surface area contributed by atoms with Crippen LogP contribution in [0.2, 0.25) is 0 Å². The maximum absolute atomic E-state index is 12.8. The number of carbonyl (C=O) groups excluding carboxylic acids is 1. The summed E-state index contributed by atoms with van der Waals surface area (Å²) in [4.78, 5) is 24.5. The number of rotatable bonds is 6. The number of carbonyl (C=O) groups is 2. The second-order valence-electron chi connectivity index (χ2n) is 7.52. The third-order valence-electron chi connectivity index (χ3n) is 5.26. The van der Waals surface area contributed by atoms with E-state index >= 15 is 0 Å². The van der Waals surface area contributed by atoms with Crippen LogP contribution in [0.3, 0.4) is 0 Å². The summed E-state index contributed by atoms with van der Waals surface area (Å²) in [5.74, 6) is -1.23. The molecule has 1 atom stereocenters. The molecule has 3 aromatic carbocycles. The van der Waals surface area contributed by atoms with Crippen molar-refractivity contribution in [1.29, 1.82) is 0 Å². The molecular formula is C26H19NO6. The van der Waals surface area contributed by atoms with Gasteiger partial charge in [-0.1, -0.05) is 54.6 Å². The maximum Gasteiger partial charge on any atom is 0.337 e. The highest BCUT2D eigenvalue weighted by atomic mass is 16.7. The van der Waals surface area contributed by atoms with E-state index in [9.17, 15) is 14.7 Å². The van der Waals surface area contributed by atoms with Gasteiger partial charge in [-0.15, -0.1) is 0 Å². The summed E-state index contributed by atoms with van der Waals surface area (Å²) < 4.78 is 16.9. The topological polar surface area (TPSA) is 98.0 Å². The Balaban J connectivity index is 1.35. The van der Waals surface area contributed by atoms with Gasteiger partial charge < -0.3 is 24.3 Å². The SMILES string of the molecule is O=C(Nc1cc(-c2cc3ccccc3o2)ccc1C(=O)O)C1=COC(Cc2ccccc2)O1. The lowest BCUT2D eigenvalue weighted by Crippen LogP contribution is -2.20. The molecule has 1 aromatic heterocycles. The fourth-order valence-electron chi connectivity index (χ4n) is 3.63. The molecule has 0 fully saturated rings. The molecule has 1 aliphatic heterocycles. The van der Waals surface area contributed by atoms with Gasteiger partial charge in [0.1, 0.15) is 17.6 Å². The number of benzene rings is 3. The molecule has 0 aliphatic carbocycles. The van der Waals surface area contributed by atoms with Crippen LogP contribution in [0.15, 0.2) is 95.3 Å². The van der Waals surface area contributed by atoms with Crippen molar-refractivity contribution < 1.29 is 28.6 Å². The minimum Gasteiger partial charge on any atom is -0.478 e. The molecule has 7 nitrogen and oxygen atoms in total. The van der Waals surface area contributed by atoms with Gasteiger partial charge in [-0.05, 0) is 29.8 Å². The van der Waals surface area contributed by atoms with Crippen molar-refractivity contribution in [3.8, 4) is 11.3 Å². The highest BCUT2D eigenvalue weighted by Crippen LogP contribution is 2.31. The van der Waals surface area contributed by atoms with Gasteiger partial charge in [0.2, 0.25) is 12.0 Å². The quantitative estimate of drug-likeness (QED) is 0.427. The summed E-state index contributed by atoms with van der Waals surface area (Å²) >= 11 is 0. The molecule has 0 saturated heterocycles. The third kappa shape index (κ3) is 4.29. The monoisotopic (exact) mass is 441 g/mol. The van der Waals surface area contributed by atoms with E-state index in [-0.39, 0.29) is 17.0 Å². The zero-order chi connectivity index (χ0) is 22.8. The number of hydrogen-bond donors (Lipinski definition) is 2. The molecule has 1 amide bonds. The molecule has 5 rings (SSSR count). The molecule has 4 aromatic rings. The van der Waals surface area contributed by atoms with Crippen LogP contribution in [0.25, 0.3) is 22.3 Å². The highest BCUT2D eigenvalue weighted by molar-refractivity contribution is 6.07. The highest BCUT2D eigenvalue weighted by Gasteiger charge is 2.26. The molecule has 2 N–H and O–H groups in total. The lowest BCUT2D eigenvalue weighted by atomic mass is 10.1.